The maximum atomic E-state index is 11.4. The largest absolute Gasteiger partial charge is 0.367 e. The van der Waals surface area contributed by atoms with Gasteiger partial charge in [0.2, 0.25) is 0 Å². The van der Waals surface area contributed by atoms with E-state index in [1.807, 2.05) is 6.92 Å². The number of hydrogen-bond donors (Lipinski definition) is 2. The minimum absolute atomic E-state index is 0.106. The van der Waals surface area contributed by atoms with Crippen LogP contribution < -0.4 is 5.32 Å². The second kappa shape index (κ2) is 3.34. The van der Waals surface area contributed by atoms with Crippen LogP contribution in [0.4, 0.5) is 0 Å². The number of aromatic amines is 1. The van der Waals surface area contributed by atoms with Crippen molar-refractivity contribution in [1.82, 2.24) is 10.3 Å². The van der Waals surface area contributed by atoms with Gasteiger partial charge in [0.25, 0.3) is 0 Å². The molecule has 0 amide bonds. The molecule has 1 rings (SSSR count). The quantitative estimate of drug-likeness (QED) is 0.629. The van der Waals surface area contributed by atoms with Gasteiger partial charge < -0.3 is 10.3 Å². The molecule has 1 aromatic rings. The molecule has 1 atom stereocenters. The lowest BCUT2D eigenvalue weighted by Crippen LogP contribution is -2.30. The van der Waals surface area contributed by atoms with Crippen molar-refractivity contribution in [3.63, 3.8) is 0 Å². The third-order valence-electron chi connectivity index (χ3n) is 1.71. The third-order valence-corrected chi connectivity index (χ3v) is 1.71. The van der Waals surface area contributed by atoms with Gasteiger partial charge in [0, 0.05) is 18.0 Å². The monoisotopic (exact) mass is 152 g/mol. The van der Waals surface area contributed by atoms with Gasteiger partial charge in [-0.3, -0.25) is 4.79 Å². The van der Waals surface area contributed by atoms with E-state index in [0.717, 1.165) is 5.56 Å². The van der Waals surface area contributed by atoms with Gasteiger partial charge in [0.1, 0.15) is 0 Å². The number of carbonyl (C=O) groups excluding carboxylic acids is 1. The molecule has 60 valence electrons. The molecule has 1 aromatic heterocycles. The first kappa shape index (κ1) is 8.01. The molecular weight excluding hydrogens is 140 g/mol. The first-order valence-electron chi connectivity index (χ1n) is 3.60. The van der Waals surface area contributed by atoms with Crippen LogP contribution in [0.2, 0.25) is 0 Å². The third kappa shape index (κ3) is 1.68. The Morgan fingerprint density at radius 1 is 1.73 bits per heavy atom. The summed E-state index contributed by atoms with van der Waals surface area (Å²) in [5.74, 6) is 0.119. The minimum Gasteiger partial charge on any atom is -0.367 e. The molecule has 3 heteroatoms. The van der Waals surface area contributed by atoms with Crippen molar-refractivity contribution in [2.45, 2.75) is 13.0 Å². The Labute approximate surface area is 65.8 Å². The summed E-state index contributed by atoms with van der Waals surface area (Å²) in [4.78, 5) is 14.2. The first-order valence-corrected chi connectivity index (χ1v) is 3.60. The Morgan fingerprint density at radius 3 is 2.91 bits per heavy atom. The smallest absolute Gasteiger partial charge is 0.180 e. The number of aromatic nitrogens is 1. The van der Waals surface area contributed by atoms with Gasteiger partial charge in [0.05, 0.1) is 6.04 Å². The molecule has 0 saturated carbocycles. The second-order valence-electron chi connectivity index (χ2n) is 2.47. The number of ketones is 1. The average Bonchev–Trinajstić information content (AvgIpc) is 2.53. The van der Waals surface area contributed by atoms with Crippen molar-refractivity contribution < 1.29 is 4.79 Å². The number of likely N-dealkylation sites (N-methyl/N-ethyl adjacent to an activating group) is 1. The number of carbonyl (C=O) groups is 1. The van der Waals surface area contributed by atoms with E-state index in [-0.39, 0.29) is 11.8 Å². The molecule has 0 aliphatic heterocycles. The SMILES string of the molecule is CNC(C)C(=O)c1cc[nH]c1. The van der Waals surface area contributed by atoms with Crippen molar-refractivity contribution >= 4 is 5.78 Å². The molecule has 3 nitrogen and oxygen atoms in total. The van der Waals surface area contributed by atoms with Crippen LogP contribution in [0.15, 0.2) is 18.5 Å². The Balaban J connectivity index is 2.70. The van der Waals surface area contributed by atoms with E-state index in [9.17, 15) is 4.79 Å². The van der Waals surface area contributed by atoms with Gasteiger partial charge >= 0.3 is 0 Å². The van der Waals surface area contributed by atoms with Crippen LogP contribution in [0, 0.1) is 0 Å². The highest BCUT2D eigenvalue weighted by Crippen LogP contribution is 2.00. The highest BCUT2D eigenvalue weighted by Gasteiger charge is 2.12. The lowest BCUT2D eigenvalue weighted by atomic mass is 10.1. The number of nitrogens with one attached hydrogen (secondary N) is 2. The summed E-state index contributed by atoms with van der Waals surface area (Å²) in [5, 5.41) is 2.89. The van der Waals surface area contributed by atoms with Crippen LogP contribution in [0.5, 0.6) is 0 Å². The highest BCUT2D eigenvalue weighted by molar-refractivity contribution is 5.99. The van der Waals surface area contributed by atoms with Crippen molar-refractivity contribution in [1.29, 1.82) is 0 Å². The summed E-state index contributed by atoms with van der Waals surface area (Å²) in [7, 11) is 1.77. The molecular formula is C8H12N2O. The number of Topliss-reactive ketones (excluding diaryl/α,β-unsaturated/α-hetero) is 1. The standard InChI is InChI=1S/C8H12N2O/c1-6(9-2)8(11)7-3-4-10-5-7/h3-6,9-10H,1-2H3. The normalized spacial score (nSPS) is 12.9. The van der Waals surface area contributed by atoms with Crippen molar-refractivity contribution in [2.75, 3.05) is 7.05 Å². The molecule has 0 spiro atoms. The summed E-state index contributed by atoms with van der Waals surface area (Å²) >= 11 is 0. The Morgan fingerprint density at radius 2 is 2.45 bits per heavy atom. The molecule has 0 radical (unpaired) electrons. The summed E-state index contributed by atoms with van der Waals surface area (Å²) in [6.07, 6.45) is 3.45. The number of rotatable bonds is 3. The zero-order chi connectivity index (χ0) is 8.27. The summed E-state index contributed by atoms with van der Waals surface area (Å²) < 4.78 is 0. The van der Waals surface area contributed by atoms with E-state index in [1.165, 1.54) is 0 Å². The van der Waals surface area contributed by atoms with Gasteiger partial charge in [-0.2, -0.15) is 0 Å². The molecule has 0 aromatic carbocycles. The van der Waals surface area contributed by atoms with Gasteiger partial charge in [-0.05, 0) is 20.0 Å². The Kier molecular flexibility index (Phi) is 2.44. The topological polar surface area (TPSA) is 44.9 Å². The van der Waals surface area contributed by atoms with Crippen LogP contribution in [0.3, 0.4) is 0 Å². The second-order valence-corrected chi connectivity index (χ2v) is 2.47. The van der Waals surface area contributed by atoms with Gasteiger partial charge in [-0.15, -0.1) is 0 Å². The molecule has 1 heterocycles. The summed E-state index contributed by atoms with van der Waals surface area (Å²) in [5.41, 5.74) is 0.729. The van der Waals surface area contributed by atoms with Gasteiger partial charge in [-0.25, -0.2) is 0 Å². The Hall–Kier alpha value is -1.09. The van der Waals surface area contributed by atoms with E-state index < -0.39 is 0 Å². The summed E-state index contributed by atoms with van der Waals surface area (Å²) in [6.45, 7) is 1.84. The molecule has 0 fully saturated rings. The van der Waals surface area contributed by atoms with E-state index in [2.05, 4.69) is 10.3 Å². The predicted octanol–water partition coefficient (Wildman–Crippen LogP) is 0.805. The zero-order valence-corrected chi connectivity index (χ0v) is 6.72. The van der Waals surface area contributed by atoms with Crippen LogP contribution in [0.1, 0.15) is 17.3 Å². The highest BCUT2D eigenvalue weighted by atomic mass is 16.1. The molecule has 1 unspecified atom stereocenters. The fourth-order valence-electron chi connectivity index (χ4n) is 0.858. The minimum atomic E-state index is -0.106. The molecule has 0 aliphatic carbocycles. The maximum Gasteiger partial charge on any atom is 0.180 e. The van der Waals surface area contributed by atoms with Crippen molar-refractivity contribution in [2.24, 2.45) is 0 Å². The Bertz CT molecular complexity index is 228. The maximum absolute atomic E-state index is 11.4. The zero-order valence-electron chi connectivity index (χ0n) is 6.72. The first-order chi connectivity index (χ1) is 5.25. The average molecular weight is 152 g/mol. The number of hydrogen-bond acceptors (Lipinski definition) is 2. The summed E-state index contributed by atoms with van der Waals surface area (Å²) in [6, 6.07) is 1.67. The van der Waals surface area contributed by atoms with Crippen LogP contribution in [-0.2, 0) is 0 Å². The van der Waals surface area contributed by atoms with Crippen LogP contribution in [-0.4, -0.2) is 23.9 Å². The molecule has 11 heavy (non-hydrogen) atoms. The molecule has 0 aliphatic rings. The molecule has 0 saturated heterocycles. The van der Waals surface area contributed by atoms with E-state index in [0.29, 0.717) is 0 Å². The van der Waals surface area contributed by atoms with Gasteiger partial charge in [0.15, 0.2) is 5.78 Å². The lowest BCUT2D eigenvalue weighted by molar-refractivity contribution is 0.0955. The van der Waals surface area contributed by atoms with Crippen LogP contribution in [0.25, 0.3) is 0 Å². The molecule has 2 N–H and O–H groups in total. The van der Waals surface area contributed by atoms with E-state index >= 15 is 0 Å². The van der Waals surface area contributed by atoms with E-state index in [4.69, 9.17) is 0 Å². The van der Waals surface area contributed by atoms with Crippen LogP contribution >= 0.6 is 0 Å². The number of H-pyrrole nitrogens is 1. The van der Waals surface area contributed by atoms with E-state index in [1.54, 1.807) is 25.5 Å². The molecule has 0 bridgehead atoms. The van der Waals surface area contributed by atoms with Crippen molar-refractivity contribution in [3.8, 4) is 0 Å². The lowest BCUT2D eigenvalue weighted by Gasteiger charge is -2.05. The fourth-order valence-corrected chi connectivity index (χ4v) is 0.858. The van der Waals surface area contributed by atoms with Gasteiger partial charge in [-0.1, -0.05) is 0 Å². The fraction of sp³-hybridized carbons (Fsp3) is 0.375. The van der Waals surface area contributed by atoms with Crippen molar-refractivity contribution in [3.05, 3.63) is 24.0 Å². The predicted molar refractivity (Wildman–Crippen MR) is 43.6 cm³/mol.